The molecule has 3 heteroatoms. The summed E-state index contributed by atoms with van der Waals surface area (Å²) in [5.41, 5.74) is 1.65. The normalized spacial score (nSPS) is 10.6. The Morgan fingerprint density at radius 1 is 1.05 bits per heavy atom. The van der Waals surface area contributed by atoms with E-state index in [1.54, 1.807) is 0 Å². The molecule has 1 aromatic rings. The molecule has 0 aliphatic heterocycles. The van der Waals surface area contributed by atoms with Gasteiger partial charge in [-0.15, -0.1) is 0 Å². The number of aryl methyl sites for hydroxylation is 2. The van der Waals surface area contributed by atoms with Crippen molar-refractivity contribution in [3.63, 3.8) is 0 Å². The van der Waals surface area contributed by atoms with E-state index in [0.717, 1.165) is 24.8 Å². The third-order valence-corrected chi connectivity index (χ3v) is 3.51. The monoisotopic (exact) mass is 296 g/mol. The average Bonchev–Trinajstić information content (AvgIpc) is 2.41. The highest BCUT2D eigenvalue weighted by atomic mass is 35.5. The van der Waals surface area contributed by atoms with Crippen molar-refractivity contribution < 1.29 is 9.53 Å². The molecule has 0 bridgehead atoms. The van der Waals surface area contributed by atoms with Gasteiger partial charge in [0.2, 0.25) is 0 Å². The van der Waals surface area contributed by atoms with Crippen molar-refractivity contribution in [2.24, 2.45) is 0 Å². The van der Waals surface area contributed by atoms with Gasteiger partial charge in [0, 0.05) is 11.6 Å². The summed E-state index contributed by atoms with van der Waals surface area (Å²) >= 11 is 5.33. The molecule has 0 aliphatic rings. The third kappa shape index (κ3) is 6.42. The summed E-state index contributed by atoms with van der Waals surface area (Å²) < 4.78 is 5.08. The van der Waals surface area contributed by atoms with E-state index in [1.807, 2.05) is 12.1 Å². The van der Waals surface area contributed by atoms with Crippen LogP contribution in [-0.4, -0.2) is 5.43 Å². The first-order valence-corrected chi connectivity index (χ1v) is 8.04. The molecular weight excluding hydrogens is 272 g/mol. The van der Waals surface area contributed by atoms with Crippen molar-refractivity contribution in [1.82, 2.24) is 0 Å². The van der Waals surface area contributed by atoms with Crippen LogP contribution in [0.2, 0.25) is 0 Å². The van der Waals surface area contributed by atoms with Gasteiger partial charge in [0.1, 0.15) is 5.75 Å². The minimum Gasteiger partial charge on any atom is -0.414 e. The molecule has 1 rings (SSSR count). The molecule has 112 valence electrons. The predicted octanol–water partition coefficient (Wildman–Crippen LogP) is 5.89. The van der Waals surface area contributed by atoms with Crippen molar-refractivity contribution >= 4 is 17.0 Å². The Morgan fingerprint density at radius 3 is 2.30 bits per heavy atom. The van der Waals surface area contributed by atoms with Gasteiger partial charge >= 0.3 is 5.43 Å². The number of carbonyl (C=O) groups excluding carboxylic acids is 1. The fourth-order valence-corrected chi connectivity index (χ4v) is 2.40. The summed E-state index contributed by atoms with van der Waals surface area (Å²) in [4.78, 5) is 10.9. The molecule has 0 atom stereocenters. The quantitative estimate of drug-likeness (QED) is 0.419. The lowest BCUT2D eigenvalue weighted by molar-refractivity contribution is 0.225. The minimum absolute atomic E-state index is 0.611. The van der Waals surface area contributed by atoms with Gasteiger partial charge in [-0.05, 0) is 42.9 Å². The zero-order chi connectivity index (χ0) is 14.8. The van der Waals surface area contributed by atoms with E-state index in [1.165, 1.54) is 37.7 Å². The number of rotatable bonds is 9. The maximum Gasteiger partial charge on any atom is 0.409 e. The van der Waals surface area contributed by atoms with Gasteiger partial charge in [-0.3, -0.25) is 0 Å². The molecule has 0 N–H and O–H groups in total. The van der Waals surface area contributed by atoms with Crippen molar-refractivity contribution in [3.05, 3.63) is 29.3 Å². The van der Waals surface area contributed by atoms with Crippen LogP contribution >= 0.6 is 11.6 Å². The number of hydrogen-bond donors (Lipinski definition) is 0. The molecule has 0 saturated heterocycles. The van der Waals surface area contributed by atoms with Crippen LogP contribution in [0.3, 0.4) is 0 Å². The zero-order valence-electron chi connectivity index (χ0n) is 12.6. The standard InChI is InChI=1S/C17H25ClO2/c1-3-5-7-9-14-11-12-16(20-17(18)19)15(13-14)10-8-6-4-2/h11-13H,3-10H2,1-2H3. The smallest absolute Gasteiger partial charge is 0.409 e. The Kier molecular flexibility index (Phi) is 8.36. The Hall–Kier alpha value is -1.02. The lowest BCUT2D eigenvalue weighted by atomic mass is 10.0. The van der Waals surface area contributed by atoms with Gasteiger partial charge in [-0.25, -0.2) is 4.79 Å². The molecule has 0 fully saturated rings. The second-order valence-electron chi connectivity index (χ2n) is 5.20. The Bertz CT molecular complexity index is 415. The number of hydrogen-bond acceptors (Lipinski definition) is 2. The van der Waals surface area contributed by atoms with E-state index in [9.17, 15) is 4.79 Å². The van der Waals surface area contributed by atoms with Crippen molar-refractivity contribution in [2.45, 2.75) is 65.2 Å². The minimum atomic E-state index is -0.763. The van der Waals surface area contributed by atoms with Gasteiger partial charge in [0.05, 0.1) is 0 Å². The van der Waals surface area contributed by atoms with E-state index in [-0.39, 0.29) is 0 Å². The van der Waals surface area contributed by atoms with E-state index in [2.05, 4.69) is 19.9 Å². The van der Waals surface area contributed by atoms with E-state index < -0.39 is 5.43 Å². The molecule has 0 radical (unpaired) electrons. The first-order valence-electron chi connectivity index (χ1n) is 7.66. The van der Waals surface area contributed by atoms with E-state index in [4.69, 9.17) is 16.3 Å². The summed E-state index contributed by atoms with van der Waals surface area (Å²) in [6, 6.07) is 6.08. The zero-order valence-corrected chi connectivity index (χ0v) is 13.3. The van der Waals surface area contributed by atoms with E-state index in [0.29, 0.717) is 5.75 Å². The fourth-order valence-electron chi connectivity index (χ4n) is 2.31. The second-order valence-corrected chi connectivity index (χ2v) is 5.50. The highest BCUT2D eigenvalue weighted by molar-refractivity contribution is 6.61. The molecule has 20 heavy (non-hydrogen) atoms. The van der Waals surface area contributed by atoms with Crippen LogP contribution in [0.15, 0.2) is 18.2 Å². The number of carbonyl (C=O) groups is 1. The molecule has 0 unspecified atom stereocenters. The Morgan fingerprint density at radius 2 is 1.70 bits per heavy atom. The largest absolute Gasteiger partial charge is 0.414 e. The molecule has 0 spiro atoms. The van der Waals surface area contributed by atoms with Crippen molar-refractivity contribution in [1.29, 1.82) is 0 Å². The number of benzene rings is 1. The lowest BCUT2D eigenvalue weighted by Gasteiger charge is -2.11. The fraction of sp³-hybridized carbons (Fsp3) is 0.588. The summed E-state index contributed by atoms with van der Waals surface area (Å²) in [7, 11) is 0. The van der Waals surface area contributed by atoms with Crippen molar-refractivity contribution in [2.75, 3.05) is 0 Å². The maximum absolute atomic E-state index is 10.9. The second kappa shape index (κ2) is 9.82. The topological polar surface area (TPSA) is 26.3 Å². The van der Waals surface area contributed by atoms with Crippen LogP contribution < -0.4 is 4.74 Å². The van der Waals surface area contributed by atoms with Gasteiger partial charge in [-0.2, -0.15) is 0 Å². The molecule has 1 aromatic carbocycles. The molecule has 0 aromatic heterocycles. The average molecular weight is 297 g/mol. The van der Waals surface area contributed by atoms with E-state index >= 15 is 0 Å². The number of ether oxygens (including phenoxy) is 1. The summed E-state index contributed by atoms with van der Waals surface area (Å²) in [5, 5.41) is 0. The van der Waals surface area contributed by atoms with Gasteiger partial charge in [-0.1, -0.05) is 51.7 Å². The molecule has 0 aliphatic carbocycles. The van der Waals surface area contributed by atoms with Crippen LogP contribution in [-0.2, 0) is 12.8 Å². The first-order chi connectivity index (χ1) is 9.67. The lowest BCUT2D eigenvalue weighted by Crippen LogP contribution is -2.01. The summed E-state index contributed by atoms with van der Waals surface area (Å²) in [5.74, 6) is 0.611. The SMILES string of the molecule is CCCCCc1ccc(OC(=O)Cl)c(CCCCC)c1. The van der Waals surface area contributed by atoms with Crippen LogP contribution in [0.4, 0.5) is 4.79 Å². The van der Waals surface area contributed by atoms with Crippen LogP contribution in [0.25, 0.3) is 0 Å². The Balaban J connectivity index is 2.75. The summed E-state index contributed by atoms with van der Waals surface area (Å²) in [6.07, 6.45) is 9.20. The molecule has 2 nitrogen and oxygen atoms in total. The van der Waals surface area contributed by atoms with Crippen LogP contribution in [0.5, 0.6) is 5.75 Å². The van der Waals surface area contributed by atoms with Gasteiger partial charge < -0.3 is 4.74 Å². The summed E-state index contributed by atoms with van der Waals surface area (Å²) in [6.45, 7) is 4.39. The molecule has 0 heterocycles. The van der Waals surface area contributed by atoms with Gasteiger partial charge in [0.25, 0.3) is 0 Å². The maximum atomic E-state index is 10.9. The molecular formula is C17H25ClO2. The first kappa shape index (κ1) is 17.0. The van der Waals surface area contributed by atoms with Crippen molar-refractivity contribution in [3.8, 4) is 5.75 Å². The van der Waals surface area contributed by atoms with Crippen LogP contribution in [0.1, 0.15) is 63.5 Å². The molecule has 0 amide bonds. The third-order valence-electron chi connectivity index (χ3n) is 3.43. The van der Waals surface area contributed by atoms with Crippen LogP contribution in [0, 0.1) is 0 Å². The Labute approximate surface area is 127 Å². The number of halogens is 1. The highest BCUT2D eigenvalue weighted by Crippen LogP contribution is 2.24. The number of unbranched alkanes of at least 4 members (excludes halogenated alkanes) is 4. The highest BCUT2D eigenvalue weighted by Gasteiger charge is 2.08. The predicted molar refractivity (Wildman–Crippen MR) is 84.8 cm³/mol. The molecule has 0 saturated carbocycles. The van der Waals surface area contributed by atoms with Gasteiger partial charge in [0.15, 0.2) is 0 Å².